The van der Waals surface area contributed by atoms with Gasteiger partial charge in [-0.15, -0.1) is 0 Å². The number of rotatable bonds is 6. The van der Waals surface area contributed by atoms with Crippen LogP contribution >= 0.6 is 11.3 Å². The second-order valence-electron chi connectivity index (χ2n) is 4.68. The Labute approximate surface area is 128 Å². The van der Waals surface area contributed by atoms with Crippen LogP contribution in [0.1, 0.15) is 28.6 Å². The maximum absolute atomic E-state index is 12.4. The molecule has 0 spiro atoms. The van der Waals surface area contributed by atoms with E-state index in [0.717, 1.165) is 18.5 Å². The van der Waals surface area contributed by atoms with Gasteiger partial charge in [-0.25, -0.2) is 4.98 Å². The molecule has 21 heavy (non-hydrogen) atoms. The Morgan fingerprint density at radius 3 is 3.00 bits per heavy atom. The Hall–Kier alpha value is -2.15. The minimum absolute atomic E-state index is 0.126. The molecular formula is C14H19N5OS. The van der Waals surface area contributed by atoms with E-state index in [9.17, 15) is 4.79 Å². The molecular weight excluding hydrogens is 286 g/mol. The number of pyridine rings is 1. The fourth-order valence-corrected chi connectivity index (χ4v) is 2.71. The van der Waals surface area contributed by atoms with E-state index >= 15 is 0 Å². The van der Waals surface area contributed by atoms with E-state index in [0.29, 0.717) is 16.6 Å². The molecule has 112 valence electrons. The van der Waals surface area contributed by atoms with E-state index in [1.165, 1.54) is 11.3 Å². The number of anilines is 2. The second kappa shape index (κ2) is 7.03. The molecule has 6 nitrogen and oxygen atoms in total. The zero-order valence-electron chi connectivity index (χ0n) is 12.2. The van der Waals surface area contributed by atoms with Gasteiger partial charge in [0.1, 0.15) is 10.7 Å². The predicted octanol–water partition coefficient (Wildman–Crippen LogP) is 2.21. The van der Waals surface area contributed by atoms with Crippen LogP contribution in [0.2, 0.25) is 0 Å². The summed E-state index contributed by atoms with van der Waals surface area (Å²) in [5.74, 6) is 0.153. The number of nitrogens with one attached hydrogen (secondary N) is 1. The van der Waals surface area contributed by atoms with Crippen LogP contribution in [0.5, 0.6) is 0 Å². The van der Waals surface area contributed by atoms with Gasteiger partial charge < -0.3 is 16.0 Å². The molecule has 2 aromatic rings. The van der Waals surface area contributed by atoms with Crippen molar-refractivity contribution < 1.29 is 4.79 Å². The molecule has 0 aliphatic heterocycles. The highest BCUT2D eigenvalue weighted by molar-refractivity contribution is 7.18. The quantitative estimate of drug-likeness (QED) is 0.855. The summed E-state index contributed by atoms with van der Waals surface area (Å²) in [6.45, 7) is 3.37. The van der Waals surface area contributed by atoms with E-state index in [4.69, 9.17) is 5.73 Å². The van der Waals surface area contributed by atoms with Gasteiger partial charge in [-0.05, 0) is 18.1 Å². The van der Waals surface area contributed by atoms with E-state index in [1.54, 1.807) is 24.3 Å². The predicted molar refractivity (Wildman–Crippen MR) is 85.3 cm³/mol. The SMILES string of the molecule is CCCNc1nc(N)c(C(=O)N(C)Cc2cccnc2)s1. The molecule has 0 radical (unpaired) electrons. The third-order valence-corrected chi connectivity index (χ3v) is 3.88. The van der Waals surface area contributed by atoms with Crippen molar-refractivity contribution >= 4 is 28.2 Å². The Morgan fingerprint density at radius 1 is 1.52 bits per heavy atom. The van der Waals surface area contributed by atoms with Crippen molar-refractivity contribution in [3.8, 4) is 0 Å². The zero-order valence-corrected chi connectivity index (χ0v) is 13.0. The smallest absolute Gasteiger partial charge is 0.267 e. The molecule has 0 saturated heterocycles. The monoisotopic (exact) mass is 305 g/mol. The number of nitrogen functional groups attached to an aromatic ring is 1. The van der Waals surface area contributed by atoms with Crippen LogP contribution in [-0.4, -0.2) is 34.4 Å². The summed E-state index contributed by atoms with van der Waals surface area (Å²) in [6, 6.07) is 3.78. The summed E-state index contributed by atoms with van der Waals surface area (Å²) in [5, 5.41) is 3.83. The van der Waals surface area contributed by atoms with Crippen molar-refractivity contribution in [3.63, 3.8) is 0 Å². The van der Waals surface area contributed by atoms with Gasteiger partial charge in [-0.1, -0.05) is 24.3 Å². The van der Waals surface area contributed by atoms with Crippen LogP contribution < -0.4 is 11.1 Å². The Kier molecular flexibility index (Phi) is 5.10. The number of nitrogens with zero attached hydrogens (tertiary/aromatic N) is 3. The average Bonchev–Trinajstić information content (AvgIpc) is 2.86. The molecule has 3 N–H and O–H groups in total. The summed E-state index contributed by atoms with van der Waals surface area (Å²) in [4.78, 5) is 22.7. The fourth-order valence-electron chi connectivity index (χ4n) is 1.80. The van der Waals surface area contributed by atoms with Crippen molar-refractivity contribution in [3.05, 3.63) is 35.0 Å². The van der Waals surface area contributed by atoms with Crippen LogP contribution in [0.25, 0.3) is 0 Å². The molecule has 0 bridgehead atoms. The summed E-state index contributed by atoms with van der Waals surface area (Å²) < 4.78 is 0. The number of nitrogens with two attached hydrogens (primary N) is 1. The largest absolute Gasteiger partial charge is 0.382 e. The lowest BCUT2D eigenvalue weighted by Crippen LogP contribution is -2.26. The van der Waals surface area contributed by atoms with Crippen LogP contribution in [0, 0.1) is 0 Å². The van der Waals surface area contributed by atoms with Gasteiger partial charge >= 0.3 is 0 Å². The van der Waals surface area contributed by atoms with Crippen LogP contribution in [0.3, 0.4) is 0 Å². The lowest BCUT2D eigenvalue weighted by molar-refractivity contribution is 0.0790. The Balaban J connectivity index is 2.06. The van der Waals surface area contributed by atoms with Gasteiger partial charge in [0.15, 0.2) is 5.13 Å². The number of hydrogen-bond acceptors (Lipinski definition) is 6. The lowest BCUT2D eigenvalue weighted by Gasteiger charge is -2.16. The number of carbonyl (C=O) groups is 1. The van der Waals surface area contributed by atoms with Crippen LogP contribution in [0.4, 0.5) is 10.9 Å². The molecule has 1 amide bonds. The molecule has 2 rings (SSSR count). The molecule has 0 aliphatic carbocycles. The first-order valence-electron chi connectivity index (χ1n) is 6.76. The first-order chi connectivity index (χ1) is 10.1. The lowest BCUT2D eigenvalue weighted by atomic mass is 10.2. The number of aromatic nitrogens is 2. The zero-order chi connectivity index (χ0) is 15.2. The van der Waals surface area contributed by atoms with Crippen molar-refractivity contribution in [2.24, 2.45) is 0 Å². The number of thiazole rings is 1. The highest BCUT2D eigenvalue weighted by Gasteiger charge is 2.19. The van der Waals surface area contributed by atoms with E-state index < -0.39 is 0 Å². The van der Waals surface area contributed by atoms with Crippen LogP contribution in [0.15, 0.2) is 24.5 Å². The summed E-state index contributed by atoms with van der Waals surface area (Å²) in [5.41, 5.74) is 6.82. The highest BCUT2D eigenvalue weighted by Crippen LogP contribution is 2.26. The van der Waals surface area contributed by atoms with E-state index in [2.05, 4.69) is 22.2 Å². The average molecular weight is 305 g/mol. The molecule has 0 aromatic carbocycles. The molecule has 0 atom stereocenters. The van der Waals surface area contributed by atoms with Gasteiger partial charge in [0.05, 0.1) is 0 Å². The van der Waals surface area contributed by atoms with Gasteiger partial charge in [0.25, 0.3) is 5.91 Å². The second-order valence-corrected chi connectivity index (χ2v) is 5.68. The van der Waals surface area contributed by atoms with Crippen molar-refractivity contribution in [2.45, 2.75) is 19.9 Å². The topological polar surface area (TPSA) is 84.1 Å². The van der Waals surface area contributed by atoms with Gasteiger partial charge in [-0.3, -0.25) is 9.78 Å². The number of carbonyl (C=O) groups excluding carboxylic acids is 1. The van der Waals surface area contributed by atoms with Crippen LogP contribution in [-0.2, 0) is 6.54 Å². The minimum atomic E-state index is -0.126. The molecule has 7 heteroatoms. The summed E-state index contributed by atoms with van der Waals surface area (Å²) >= 11 is 1.29. The molecule has 0 saturated carbocycles. The molecule has 0 aliphatic rings. The minimum Gasteiger partial charge on any atom is -0.382 e. The first kappa shape index (κ1) is 15.2. The first-order valence-corrected chi connectivity index (χ1v) is 7.58. The van der Waals surface area contributed by atoms with Crippen molar-refractivity contribution in [2.75, 3.05) is 24.6 Å². The molecule has 0 fully saturated rings. The molecule has 2 heterocycles. The summed E-state index contributed by atoms with van der Waals surface area (Å²) in [6.07, 6.45) is 4.44. The van der Waals surface area contributed by atoms with Gasteiger partial charge in [0, 0.05) is 32.5 Å². The van der Waals surface area contributed by atoms with Gasteiger partial charge in [-0.2, -0.15) is 0 Å². The number of hydrogen-bond donors (Lipinski definition) is 2. The van der Waals surface area contributed by atoms with Gasteiger partial charge in [0.2, 0.25) is 0 Å². The normalized spacial score (nSPS) is 10.4. The standard InChI is InChI=1S/C14H19N5OS/c1-3-6-17-14-18-12(15)11(21-14)13(20)19(2)9-10-5-4-7-16-8-10/h4-5,7-8H,3,6,9,15H2,1-2H3,(H,17,18). The third kappa shape index (κ3) is 3.91. The Morgan fingerprint density at radius 2 is 2.33 bits per heavy atom. The van der Waals surface area contributed by atoms with Crippen molar-refractivity contribution in [1.29, 1.82) is 0 Å². The maximum Gasteiger partial charge on any atom is 0.267 e. The summed E-state index contributed by atoms with van der Waals surface area (Å²) in [7, 11) is 1.74. The number of amides is 1. The highest BCUT2D eigenvalue weighted by atomic mass is 32.1. The third-order valence-electron chi connectivity index (χ3n) is 2.86. The Bertz CT molecular complexity index is 599. The maximum atomic E-state index is 12.4. The van der Waals surface area contributed by atoms with E-state index in [-0.39, 0.29) is 11.7 Å². The fraction of sp³-hybridized carbons (Fsp3) is 0.357. The van der Waals surface area contributed by atoms with E-state index in [1.807, 2.05) is 12.1 Å². The molecule has 2 aromatic heterocycles. The molecule has 0 unspecified atom stereocenters. The van der Waals surface area contributed by atoms with Crippen molar-refractivity contribution in [1.82, 2.24) is 14.9 Å².